The normalized spacial score (nSPS) is 11.4. The van der Waals surface area contributed by atoms with Crippen LogP contribution < -0.4 is 10.2 Å². The summed E-state index contributed by atoms with van der Waals surface area (Å²) in [5.41, 5.74) is 3.66. The number of nitrogens with zero attached hydrogens (tertiary/aromatic N) is 2. The van der Waals surface area contributed by atoms with E-state index in [4.69, 9.17) is 0 Å². The van der Waals surface area contributed by atoms with Crippen LogP contribution in [0.25, 0.3) is 38.4 Å². The highest BCUT2D eigenvalue weighted by Gasteiger charge is 2.20. The van der Waals surface area contributed by atoms with Crippen LogP contribution in [0.1, 0.15) is 5.56 Å². The number of carbonyl (C=O) groups excluding carboxylic acids is 3. The van der Waals surface area contributed by atoms with Gasteiger partial charge < -0.3 is 10.2 Å². The molecule has 6 aromatic rings. The van der Waals surface area contributed by atoms with Crippen molar-refractivity contribution in [3.8, 4) is 0 Å². The van der Waals surface area contributed by atoms with Crippen molar-refractivity contribution in [1.82, 2.24) is 10.2 Å². The topological polar surface area (TPSA) is 69.7 Å². The van der Waals surface area contributed by atoms with Crippen molar-refractivity contribution in [1.29, 1.82) is 0 Å². The number of rotatable bonds is 6. The smallest absolute Gasteiger partial charge is 0.323 e. The fourth-order valence-electron chi connectivity index (χ4n) is 5.34. The largest absolute Gasteiger partial charge is 0.341 e. The van der Waals surface area contributed by atoms with Gasteiger partial charge in [-0.1, -0.05) is 78.9 Å². The lowest BCUT2D eigenvalue weighted by atomic mass is 10.0. The number of benzene rings is 6. The molecule has 6 aromatic carbocycles. The molecule has 3 amide bonds. The first kappa shape index (κ1) is 27.4. The number of urea groups is 1. The highest BCUT2D eigenvalue weighted by molar-refractivity contribution is 6.18. The molecular weight excluding hydrogens is 534 g/mol. The number of likely N-dealkylation sites (N-methyl/N-ethyl adjacent to an activating group) is 1. The van der Waals surface area contributed by atoms with E-state index in [1.165, 1.54) is 30.9 Å². The van der Waals surface area contributed by atoms with Gasteiger partial charge >= 0.3 is 6.03 Å². The fourth-order valence-corrected chi connectivity index (χ4v) is 5.34. The summed E-state index contributed by atoms with van der Waals surface area (Å²) >= 11 is 0. The van der Waals surface area contributed by atoms with Gasteiger partial charge in [-0.05, 0) is 86.4 Å². The van der Waals surface area contributed by atoms with Crippen LogP contribution in [0, 0.1) is 0 Å². The molecule has 0 aliphatic rings. The Bertz CT molecular complexity index is 1980. The van der Waals surface area contributed by atoms with E-state index in [0.717, 1.165) is 43.5 Å². The zero-order chi connectivity index (χ0) is 29.9. The minimum absolute atomic E-state index is 0.110. The average Bonchev–Trinajstić information content (AvgIpc) is 3.06. The summed E-state index contributed by atoms with van der Waals surface area (Å²) in [6, 6.07) is 41.1. The molecule has 6 nitrogen and oxygen atoms in total. The average molecular weight is 564 g/mol. The van der Waals surface area contributed by atoms with Crippen LogP contribution in [0.2, 0.25) is 0 Å². The van der Waals surface area contributed by atoms with E-state index in [2.05, 4.69) is 95.1 Å². The molecule has 0 aliphatic heterocycles. The molecule has 0 bridgehead atoms. The summed E-state index contributed by atoms with van der Waals surface area (Å²) in [4.78, 5) is 39.4. The quantitative estimate of drug-likeness (QED) is 0.0965. The molecule has 0 aromatic heterocycles. The summed E-state index contributed by atoms with van der Waals surface area (Å²) < 4.78 is 0. The van der Waals surface area contributed by atoms with E-state index >= 15 is 0 Å². The first-order valence-electron chi connectivity index (χ1n) is 13.9. The van der Waals surface area contributed by atoms with Gasteiger partial charge in [-0.3, -0.25) is 14.5 Å². The lowest BCUT2D eigenvalue weighted by molar-refractivity contribution is -0.124. The number of imide groups is 1. The maximum atomic E-state index is 12.7. The van der Waals surface area contributed by atoms with E-state index in [-0.39, 0.29) is 5.57 Å². The summed E-state index contributed by atoms with van der Waals surface area (Å²) in [7, 11) is 2.76. The van der Waals surface area contributed by atoms with E-state index in [1.54, 1.807) is 0 Å². The van der Waals surface area contributed by atoms with E-state index in [1.807, 2.05) is 36.4 Å². The van der Waals surface area contributed by atoms with Crippen molar-refractivity contribution in [2.45, 2.75) is 0 Å². The standard InChI is InChI=1S/C37H29N3O3/c1-38-37(43)39(2)36(42)32(24-41)20-25-11-12-31-23-35(18-15-30(31)19-25)40(33-16-13-26-7-3-5-9-28(26)21-33)34-17-14-27-8-4-6-10-29(27)22-34/h3-24H,1-2H3,(H,38,43). The van der Waals surface area contributed by atoms with Crippen molar-refractivity contribution in [3.05, 3.63) is 132 Å². The van der Waals surface area contributed by atoms with E-state index in [0.29, 0.717) is 11.8 Å². The van der Waals surface area contributed by atoms with Crippen molar-refractivity contribution in [2.24, 2.45) is 0 Å². The summed E-state index contributed by atoms with van der Waals surface area (Å²) in [6.45, 7) is 0. The number of hydrogen-bond acceptors (Lipinski definition) is 4. The lowest BCUT2D eigenvalue weighted by Crippen LogP contribution is -2.40. The second-order valence-corrected chi connectivity index (χ2v) is 10.3. The first-order valence-corrected chi connectivity index (χ1v) is 13.9. The molecule has 6 rings (SSSR count). The van der Waals surface area contributed by atoms with Crippen LogP contribution in [-0.2, 0) is 9.59 Å². The van der Waals surface area contributed by atoms with Crippen LogP contribution in [0.5, 0.6) is 0 Å². The molecule has 0 fully saturated rings. The summed E-state index contributed by atoms with van der Waals surface area (Å²) in [5.74, 6) is -0.675. The second-order valence-electron chi connectivity index (χ2n) is 10.3. The highest BCUT2D eigenvalue weighted by Crippen LogP contribution is 2.38. The van der Waals surface area contributed by atoms with Crippen LogP contribution in [0.4, 0.5) is 21.9 Å². The van der Waals surface area contributed by atoms with Crippen molar-refractivity contribution in [2.75, 3.05) is 19.0 Å². The van der Waals surface area contributed by atoms with Gasteiger partial charge in [-0.15, -0.1) is 0 Å². The van der Waals surface area contributed by atoms with Crippen LogP contribution in [0.3, 0.4) is 0 Å². The molecule has 6 heteroatoms. The molecule has 0 spiro atoms. The Hall–Kier alpha value is -5.75. The molecule has 0 saturated heterocycles. The number of carbonyl (C=O) groups is 3. The zero-order valence-corrected chi connectivity index (χ0v) is 23.8. The molecule has 210 valence electrons. The summed E-state index contributed by atoms with van der Waals surface area (Å²) in [5, 5.41) is 9.01. The Kier molecular flexibility index (Phi) is 7.41. The number of aldehydes is 1. The fraction of sp³-hybridized carbons (Fsp3) is 0.0541. The SMILES string of the molecule is CNC(=O)N(C)C(=O)C(C=O)=Cc1ccc2cc(N(c3ccc4ccccc4c3)c3ccc4ccccc4c3)ccc2c1. The van der Waals surface area contributed by atoms with Gasteiger partial charge in [0.15, 0.2) is 6.29 Å². The van der Waals surface area contributed by atoms with Gasteiger partial charge in [0, 0.05) is 31.2 Å². The number of hydrogen-bond donors (Lipinski definition) is 1. The van der Waals surface area contributed by atoms with Gasteiger partial charge in [0.1, 0.15) is 0 Å². The Morgan fingerprint density at radius 1 is 0.605 bits per heavy atom. The Labute approximate surface area is 249 Å². The molecular formula is C37H29N3O3. The van der Waals surface area contributed by atoms with Gasteiger partial charge in [0.2, 0.25) is 0 Å². The van der Waals surface area contributed by atoms with Crippen LogP contribution >= 0.6 is 0 Å². The number of amides is 3. The predicted molar refractivity (Wildman–Crippen MR) is 175 cm³/mol. The molecule has 0 aliphatic carbocycles. The van der Waals surface area contributed by atoms with Gasteiger partial charge in [0.25, 0.3) is 5.91 Å². The monoisotopic (exact) mass is 563 g/mol. The van der Waals surface area contributed by atoms with Crippen LogP contribution in [0.15, 0.2) is 127 Å². The van der Waals surface area contributed by atoms with Crippen molar-refractivity contribution in [3.63, 3.8) is 0 Å². The third kappa shape index (κ3) is 5.46. The Morgan fingerprint density at radius 2 is 1.05 bits per heavy atom. The first-order chi connectivity index (χ1) is 20.9. The van der Waals surface area contributed by atoms with E-state index < -0.39 is 11.9 Å². The minimum Gasteiger partial charge on any atom is -0.341 e. The number of fused-ring (bicyclic) bond motifs is 3. The highest BCUT2D eigenvalue weighted by atomic mass is 16.2. The molecule has 0 atom stereocenters. The minimum atomic E-state index is -0.675. The van der Waals surface area contributed by atoms with Gasteiger partial charge in [-0.25, -0.2) is 4.79 Å². The van der Waals surface area contributed by atoms with E-state index in [9.17, 15) is 14.4 Å². The zero-order valence-electron chi connectivity index (χ0n) is 23.8. The molecule has 1 N–H and O–H groups in total. The maximum absolute atomic E-state index is 12.7. The molecule has 0 radical (unpaired) electrons. The number of nitrogens with one attached hydrogen (secondary N) is 1. The Morgan fingerprint density at radius 3 is 1.56 bits per heavy atom. The molecule has 0 heterocycles. The van der Waals surface area contributed by atoms with Crippen molar-refractivity contribution < 1.29 is 14.4 Å². The molecule has 0 saturated carbocycles. The van der Waals surface area contributed by atoms with Gasteiger partial charge in [-0.2, -0.15) is 0 Å². The third-order valence-electron chi connectivity index (χ3n) is 7.61. The van der Waals surface area contributed by atoms with Gasteiger partial charge in [0.05, 0.1) is 5.57 Å². The lowest BCUT2D eigenvalue weighted by Gasteiger charge is -2.26. The molecule has 43 heavy (non-hydrogen) atoms. The second kappa shape index (κ2) is 11.6. The van der Waals surface area contributed by atoms with Crippen LogP contribution in [-0.4, -0.2) is 37.2 Å². The molecule has 0 unspecified atom stereocenters. The number of anilines is 3. The Balaban J connectivity index is 1.42. The van der Waals surface area contributed by atoms with Crippen molar-refractivity contribution >= 4 is 73.7 Å². The summed E-state index contributed by atoms with van der Waals surface area (Å²) in [6.07, 6.45) is 1.97. The third-order valence-corrected chi connectivity index (χ3v) is 7.61. The maximum Gasteiger partial charge on any atom is 0.323 e. The predicted octanol–water partition coefficient (Wildman–Crippen LogP) is 8.00.